The van der Waals surface area contributed by atoms with Gasteiger partial charge in [0, 0.05) is 38.1 Å². The molecule has 5 nitrogen and oxygen atoms in total. The van der Waals surface area contributed by atoms with Crippen molar-refractivity contribution in [1.82, 2.24) is 19.5 Å². The van der Waals surface area contributed by atoms with Gasteiger partial charge >= 0.3 is 0 Å². The molecule has 1 aliphatic heterocycles. The molecule has 124 valence electrons. The molecule has 0 saturated carbocycles. The highest BCUT2D eigenvalue weighted by Crippen LogP contribution is 2.27. The van der Waals surface area contributed by atoms with Crippen LogP contribution in [0.5, 0.6) is 0 Å². The van der Waals surface area contributed by atoms with Gasteiger partial charge in [-0.1, -0.05) is 6.07 Å². The Labute approximate surface area is 141 Å². The van der Waals surface area contributed by atoms with Crippen LogP contribution in [0.4, 0.5) is 0 Å². The number of aromatic nitrogens is 4. The minimum atomic E-state index is 0.417. The Morgan fingerprint density at radius 3 is 2.62 bits per heavy atom. The van der Waals surface area contributed by atoms with E-state index in [2.05, 4.69) is 46.6 Å². The van der Waals surface area contributed by atoms with Crippen LogP contribution in [0.2, 0.25) is 0 Å². The summed E-state index contributed by atoms with van der Waals surface area (Å²) >= 11 is 0. The van der Waals surface area contributed by atoms with Crippen LogP contribution >= 0.6 is 0 Å². The summed E-state index contributed by atoms with van der Waals surface area (Å²) in [7, 11) is 0. The molecule has 0 N–H and O–H groups in total. The smallest absolute Gasteiger partial charge is 0.144 e. The van der Waals surface area contributed by atoms with Crippen molar-refractivity contribution in [3.05, 3.63) is 42.0 Å². The van der Waals surface area contributed by atoms with Gasteiger partial charge in [-0.3, -0.25) is 0 Å². The van der Waals surface area contributed by atoms with Gasteiger partial charge in [-0.05, 0) is 44.4 Å². The second kappa shape index (κ2) is 6.32. The Balaban J connectivity index is 1.71. The number of aryl methyl sites for hydroxylation is 2. The van der Waals surface area contributed by atoms with Gasteiger partial charge in [0.2, 0.25) is 0 Å². The van der Waals surface area contributed by atoms with E-state index < -0.39 is 0 Å². The van der Waals surface area contributed by atoms with E-state index in [1.165, 1.54) is 11.1 Å². The number of benzene rings is 1. The van der Waals surface area contributed by atoms with Crippen molar-refractivity contribution in [3.8, 4) is 11.4 Å². The molecule has 0 bridgehead atoms. The van der Waals surface area contributed by atoms with Crippen molar-refractivity contribution >= 4 is 11.0 Å². The second-order valence-electron chi connectivity index (χ2n) is 6.39. The van der Waals surface area contributed by atoms with E-state index in [4.69, 9.17) is 9.72 Å². The van der Waals surface area contributed by atoms with Gasteiger partial charge in [0.15, 0.2) is 0 Å². The first kappa shape index (κ1) is 15.3. The van der Waals surface area contributed by atoms with E-state index in [9.17, 15) is 0 Å². The van der Waals surface area contributed by atoms with E-state index in [-0.39, 0.29) is 0 Å². The first-order valence-electron chi connectivity index (χ1n) is 8.63. The fourth-order valence-corrected chi connectivity index (χ4v) is 3.39. The Kier molecular flexibility index (Phi) is 4.02. The zero-order chi connectivity index (χ0) is 16.5. The molecule has 2 aromatic heterocycles. The Hall–Kier alpha value is -2.27. The van der Waals surface area contributed by atoms with E-state index in [0.717, 1.165) is 55.3 Å². The molecule has 3 aromatic rings. The van der Waals surface area contributed by atoms with Crippen LogP contribution in [0.3, 0.4) is 0 Å². The summed E-state index contributed by atoms with van der Waals surface area (Å²) in [5.74, 6) is 2.29. The molecule has 1 aromatic carbocycles. The van der Waals surface area contributed by atoms with E-state index in [0.29, 0.717) is 5.92 Å². The van der Waals surface area contributed by atoms with Crippen LogP contribution in [-0.4, -0.2) is 32.7 Å². The highest BCUT2D eigenvalue weighted by molar-refractivity contribution is 5.81. The molecule has 24 heavy (non-hydrogen) atoms. The summed E-state index contributed by atoms with van der Waals surface area (Å²) in [6.07, 6.45) is 5.84. The molecule has 1 aliphatic rings. The van der Waals surface area contributed by atoms with Crippen LogP contribution in [-0.2, 0) is 11.3 Å². The summed E-state index contributed by atoms with van der Waals surface area (Å²) in [6, 6.07) is 6.37. The van der Waals surface area contributed by atoms with Crippen molar-refractivity contribution in [1.29, 1.82) is 0 Å². The maximum Gasteiger partial charge on any atom is 0.144 e. The van der Waals surface area contributed by atoms with Crippen molar-refractivity contribution in [2.24, 2.45) is 0 Å². The Morgan fingerprint density at radius 2 is 1.92 bits per heavy atom. The molecule has 0 spiro atoms. The van der Waals surface area contributed by atoms with Crippen LogP contribution in [0.1, 0.15) is 37.1 Å². The standard InChI is InChI=1S/C19H22N4O/c1-3-23-17-10-13(2)4-5-16(17)22-19(23)15-11-20-18(21-12-15)14-6-8-24-9-7-14/h4-5,10-12,14H,3,6-9H2,1-2H3. The first-order chi connectivity index (χ1) is 11.8. The number of fused-ring (bicyclic) bond motifs is 1. The van der Waals surface area contributed by atoms with Crippen LogP contribution in [0.25, 0.3) is 22.4 Å². The molecular formula is C19H22N4O. The number of hydrogen-bond donors (Lipinski definition) is 0. The van der Waals surface area contributed by atoms with E-state index >= 15 is 0 Å². The summed E-state index contributed by atoms with van der Waals surface area (Å²) in [6.45, 7) is 6.74. The SMILES string of the molecule is CCn1c(-c2cnc(C3CCOCC3)nc2)nc2ccc(C)cc21. The lowest BCUT2D eigenvalue weighted by atomic mass is 9.99. The van der Waals surface area contributed by atoms with E-state index in [1.807, 2.05) is 12.4 Å². The maximum atomic E-state index is 5.42. The third-order valence-electron chi connectivity index (χ3n) is 4.74. The zero-order valence-electron chi connectivity index (χ0n) is 14.2. The summed E-state index contributed by atoms with van der Waals surface area (Å²) in [5.41, 5.74) is 4.41. The fraction of sp³-hybridized carbons (Fsp3) is 0.421. The maximum absolute atomic E-state index is 5.42. The largest absolute Gasteiger partial charge is 0.381 e. The van der Waals surface area contributed by atoms with Gasteiger partial charge in [0.25, 0.3) is 0 Å². The summed E-state index contributed by atoms with van der Waals surface area (Å²) < 4.78 is 7.65. The Morgan fingerprint density at radius 1 is 1.17 bits per heavy atom. The average Bonchev–Trinajstić information content (AvgIpc) is 3.00. The normalized spacial score (nSPS) is 15.9. The minimum absolute atomic E-state index is 0.417. The number of hydrogen-bond acceptors (Lipinski definition) is 4. The van der Waals surface area contributed by atoms with Crippen LogP contribution in [0, 0.1) is 6.92 Å². The lowest BCUT2D eigenvalue weighted by Crippen LogP contribution is -2.16. The van der Waals surface area contributed by atoms with Gasteiger partial charge in [0.05, 0.1) is 16.6 Å². The molecule has 0 amide bonds. The molecular weight excluding hydrogens is 300 g/mol. The lowest BCUT2D eigenvalue weighted by Gasteiger charge is -2.20. The summed E-state index contributed by atoms with van der Waals surface area (Å²) in [5, 5.41) is 0. The second-order valence-corrected chi connectivity index (χ2v) is 6.39. The van der Waals surface area contributed by atoms with Crippen LogP contribution in [0.15, 0.2) is 30.6 Å². The first-order valence-corrected chi connectivity index (χ1v) is 8.63. The molecule has 3 heterocycles. The van der Waals surface area contributed by atoms with Gasteiger partial charge in [-0.15, -0.1) is 0 Å². The molecule has 0 radical (unpaired) electrons. The van der Waals surface area contributed by atoms with Crippen LogP contribution < -0.4 is 0 Å². The van der Waals surface area contributed by atoms with Gasteiger partial charge in [0.1, 0.15) is 11.6 Å². The molecule has 4 rings (SSSR count). The van der Waals surface area contributed by atoms with Crippen molar-refractivity contribution in [2.45, 2.75) is 39.2 Å². The highest BCUT2D eigenvalue weighted by atomic mass is 16.5. The topological polar surface area (TPSA) is 52.8 Å². The van der Waals surface area contributed by atoms with Gasteiger partial charge in [-0.25, -0.2) is 15.0 Å². The monoisotopic (exact) mass is 322 g/mol. The number of rotatable bonds is 3. The predicted octanol–water partition coefficient (Wildman–Crippen LogP) is 3.72. The van der Waals surface area contributed by atoms with Crippen molar-refractivity contribution < 1.29 is 4.74 Å². The number of imidazole rings is 1. The molecule has 1 saturated heterocycles. The number of nitrogens with zero attached hydrogens (tertiary/aromatic N) is 4. The van der Waals surface area contributed by atoms with Crippen molar-refractivity contribution in [3.63, 3.8) is 0 Å². The van der Waals surface area contributed by atoms with Crippen molar-refractivity contribution in [2.75, 3.05) is 13.2 Å². The van der Waals surface area contributed by atoms with Gasteiger partial charge in [-0.2, -0.15) is 0 Å². The lowest BCUT2D eigenvalue weighted by molar-refractivity contribution is 0.0836. The average molecular weight is 322 g/mol. The predicted molar refractivity (Wildman–Crippen MR) is 94.0 cm³/mol. The summed E-state index contributed by atoms with van der Waals surface area (Å²) in [4.78, 5) is 14.0. The molecule has 1 fully saturated rings. The van der Waals surface area contributed by atoms with Gasteiger partial charge < -0.3 is 9.30 Å². The zero-order valence-corrected chi connectivity index (χ0v) is 14.2. The number of ether oxygens (including phenoxy) is 1. The molecule has 0 aliphatic carbocycles. The molecule has 0 unspecified atom stereocenters. The Bertz CT molecular complexity index is 848. The third kappa shape index (κ3) is 2.69. The molecule has 5 heteroatoms. The van der Waals surface area contributed by atoms with E-state index in [1.54, 1.807) is 0 Å². The molecule has 0 atom stereocenters. The highest BCUT2D eigenvalue weighted by Gasteiger charge is 2.19. The minimum Gasteiger partial charge on any atom is -0.381 e. The third-order valence-corrected chi connectivity index (χ3v) is 4.74. The fourth-order valence-electron chi connectivity index (χ4n) is 3.39. The quantitative estimate of drug-likeness (QED) is 0.737.